The van der Waals surface area contributed by atoms with Crippen LogP contribution >= 0.6 is 24.2 Å². The van der Waals surface area contributed by atoms with Crippen molar-refractivity contribution < 1.29 is 0 Å². The molecule has 2 fully saturated rings. The first kappa shape index (κ1) is 13.6. The minimum atomic E-state index is 0. The second-order valence-corrected chi connectivity index (χ2v) is 5.71. The van der Waals surface area contributed by atoms with Crippen LogP contribution < -0.4 is 5.32 Å². The van der Waals surface area contributed by atoms with Gasteiger partial charge in [0, 0.05) is 30.9 Å². The first-order chi connectivity index (χ1) is 6.92. The summed E-state index contributed by atoms with van der Waals surface area (Å²) in [5, 5.41) is 3.55. The summed E-state index contributed by atoms with van der Waals surface area (Å²) in [6.07, 6.45) is 4.24. The zero-order chi connectivity index (χ0) is 9.80. The molecule has 15 heavy (non-hydrogen) atoms. The number of hydrogen-bond acceptors (Lipinski definition) is 3. The highest BCUT2D eigenvalue weighted by Crippen LogP contribution is 2.27. The van der Waals surface area contributed by atoms with E-state index in [2.05, 4.69) is 28.9 Å². The lowest BCUT2D eigenvalue weighted by atomic mass is 10.1. The Labute approximate surface area is 104 Å². The predicted molar refractivity (Wildman–Crippen MR) is 71.2 cm³/mol. The molecule has 0 amide bonds. The third-order valence-electron chi connectivity index (χ3n) is 3.50. The summed E-state index contributed by atoms with van der Waals surface area (Å²) in [4.78, 5) is 2.77. The lowest BCUT2D eigenvalue weighted by Gasteiger charge is -2.27. The second-order valence-electron chi connectivity index (χ2n) is 4.31. The van der Waals surface area contributed by atoms with Gasteiger partial charge in [0.25, 0.3) is 0 Å². The molecule has 0 aromatic heterocycles. The molecular formula is C11H23ClN2S. The van der Waals surface area contributed by atoms with Crippen molar-refractivity contribution in [3.63, 3.8) is 0 Å². The van der Waals surface area contributed by atoms with Crippen LogP contribution in [-0.2, 0) is 0 Å². The normalized spacial score (nSPS) is 31.0. The third-order valence-corrected chi connectivity index (χ3v) is 4.38. The number of nitrogens with zero attached hydrogens (tertiary/aromatic N) is 1. The maximum atomic E-state index is 3.55. The highest BCUT2D eigenvalue weighted by Gasteiger charge is 2.33. The Kier molecular flexibility index (Phi) is 6.36. The Morgan fingerprint density at radius 1 is 1.27 bits per heavy atom. The molecule has 2 heterocycles. The summed E-state index contributed by atoms with van der Waals surface area (Å²) in [6.45, 7) is 6.03. The molecule has 0 saturated carbocycles. The number of rotatable bonds is 4. The molecule has 1 N–H and O–H groups in total. The maximum absolute atomic E-state index is 3.55. The summed E-state index contributed by atoms with van der Waals surface area (Å²) < 4.78 is 0. The molecule has 2 unspecified atom stereocenters. The highest BCUT2D eigenvalue weighted by atomic mass is 35.5. The monoisotopic (exact) mass is 250 g/mol. The van der Waals surface area contributed by atoms with Gasteiger partial charge in [-0.15, -0.1) is 12.4 Å². The van der Waals surface area contributed by atoms with Gasteiger partial charge in [0.1, 0.15) is 0 Å². The Balaban J connectivity index is 0.00000112. The maximum Gasteiger partial charge on any atom is 0.0224 e. The minimum absolute atomic E-state index is 0. The highest BCUT2D eigenvalue weighted by molar-refractivity contribution is 7.99. The van der Waals surface area contributed by atoms with E-state index in [1.807, 2.05) is 0 Å². The zero-order valence-electron chi connectivity index (χ0n) is 9.58. The Morgan fingerprint density at radius 3 is 2.87 bits per heavy atom. The molecule has 4 heteroatoms. The predicted octanol–water partition coefficient (Wildman–Crippen LogP) is 1.99. The average Bonchev–Trinajstić information content (AvgIpc) is 2.41. The van der Waals surface area contributed by atoms with Crippen LogP contribution in [0.2, 0.25) is 0 Å². The van der Waals surface area contributed by atoms with Gasteiger partial charge < -0.3 is 5.32 Å². The van der Waals surface area contributed by atoms with Crippen molar-refractivity contribution in [2.45, 2.75) is 38.3 Å². The summed E-state index contributed by atoms with van der Waals surface area (Å²) in [7, 11) is 0. The summed E-state index contributed by atoms with van der Waals surface area (Å²) in [5.41, 5.74) is 0. The Hall–Kier alpha value is 0.560. The van der Waals surface area contributed by atoms with Crippen molar-refractivity contribution in [2.75, 3.05) is 31.1 Å². The van der Waals surface area contributed by atoms with Gasteiger partial charge in [0.15, 0.2) is 0 Å². The molecule has 0 aromatic carbocycles. The summed E-state index contributed by atoms with van der Waals surface area (Å²) in [5.74, 6) is 2.59. The van der Waals surface area contributed by atoms with Crippen LogP contribution in [0.15, 0.2) is 0 Å². The van der Waals surface area contributed by atoms with Crippen molar-refractivity contribution in [1.29, 1.82) is 0 Å². The van der Waals surface area contributed by atoms with Crippen LogP contribution in [0, 0.1) is 0 Å². The van der Waals surface area contributed by atoms with Crippen LogP contribution in [0.25, 0.3) is 0 Å². The fourth-order valence-corrected chi connectivity index (χ4v) is 3.39. The van der Waals surface area contributed by atoms with Crippen LogP contribution in [-0.4, -0.2) is 48.1 Å². The van der Waals surface area contributed by atoms with E-state index >= 15 is 0 Å². The van der Waals surface area contributed by atoms with E-state index in [1.165, 1.54) is 50.4 Å². The zero-order valence-corrected chi connectivity index (χ0v) is 11.2. The third kappa shape index (κ3) is 3.52. The van der Waals surface area contributed by atoms with Gasteiger partial charge >= 0.3 is 0 Å². The number of thioether (sulfide) groups is 1. The first-order valence-electron chi connectivity index (χ1n) is 5.96. The molecule has 2 atom stereocenters. The van der Waals surface area contributed by atoms with Gasteiger partial charge in [-0.3, -0.25) is 4.90 Å². The molecule has 90 valence electrons. The van der Waals surface area contributed by atoms with Crippen LogP contribution in [0.3, 0.4) is 0 Å². The fraction of sp³-hybridized carbons (Fsp3) is 1.00. The molecule has 0 radical (unpaired) electrons. The standard InChI is InChI=1S/C11H22N2S.ClH/c1-2-14-8-7-13-10-3-4-11(13)9-12-6-5-10;/h10-12H,2-9H2,1H3;1H. The van der Waals surface area contributed by atoms with Crippen molar-refractivity contribution in [3.05, 3.63) is 0 Å². The van der Waals surface area contributed by atoms with Gasteiger partial charge in [-0.25, -0.2) is 0 Å². The molecule has 2 bridgehead atoms. The van der Waals surface area contributed by atoms with Gasteiger partial charge in [-0.2, -0.15) is 11.8 Å². The Morgan fingerprint density at radius 2 is 2.07 bits per heavy atom. The van der Waals surface area contributed by atoms with E-state index in [1.54, 1.807) is 0 Å². The molecular weight excluding hydrogens is 228 g/mol. The number of halogens is 1. The van der Waals surface area contributed by atoms with Gasteiger partial charge in [0.05, 0.1) is 0 Å². The van der Waals surface area contributed by atoms with Gasteiger partial charge in [-0.05, 0) is 31.6 Å². The van der Waals surface area contributed by atoms with E-state index in [0.29, 0.717) is 0 Å². The molecule has 2 nitrogen and oxygen atoms in total. The van der Waals surface area contributed by atoms with Gasteiger partial charge in [-0.1, -0.05) is 6.92 Å². The quantitative estimate of drug-likeness (QED) is 0.769. The van der Waals surface area contributed by atoms with Crippen LogP contribution in [0.4, 0.5) is 0 Å². The van der Waals surface area contributed by atoms with E-state index in [-0.39, 0.29) is 12.4 Å². The molecule has 0 aromatic rings. The van der Waals surface area contributed by atoms with Crippen molar-refractivity contribution >= 4 is 24.2 Å². The Bertz CT molecular complexity index is 166. The fourth-order valence-electron chi connectivity index (χ4n) is 2.76. The lowest BCUT2D eigenvalue weighted by molar-refractivity contribution is 0.216. The van der Waals surface area contributed by atoms with E-state index in [0.717, 1.165) is 12.1 Å². The molecule has 0 aliphatic carbocycles. The van der Waals surface area contributed by atoms with Crippen LogP contribution in [0.5, 0.6) is 0 Å². The number of hydrogen-bond donors (Lipinski definition) is 1. The molecule has 2 saturated heterocycles. The van der Waals surface area contributed by atoms with E-state index in [4.69, 9.17) is 0 Å². The number of fused-ring (bicyclic) bond motifs is 2. The summed E-state index contributed by atoms with van der Waals surface area (Å²) >= 11 is 2.08. The van der Waals surface area contributed by atoms with Crippen molar-refractivity contribution in [3.8, 4) is 0 Å². The van der Waals surface area contributed by atoms with E-state index in [9.17, 15) is 0 Å². The molecule has 0 spiro atoms. The van der Waals surface area contributed by atoms with E-state index < -0.39 is 0 Å². The summed E-state index contributed by atoms with van der Waals surface area (Å²) in [6, 6.07) is 1.74. The van der Waals surface area contributed by atoms with Crippen molar-refractivity contribution in [2.24, 2.45) is 0 Å². The smallest absolute Gasteiger partial charge is 0.0224 e. The SMILES string of the molecule is CCSCCN1C2CCNCC1CC2.Cl. The molecule has 2 rings (SSSR count). The first-order valence-corrected chi connectivity index (χ1v) is 7.11. The topological polar surface area (TPSA) is 15.3 Å². The average molecular weight is 251 g/mol. The molecule has 2 aliphatic heterocycles. The largest absolute Gasteiger partial charge is 0.315 e. The number of nitrogens with one attached hydrogen (secondary N) is 1. The van der Waals surface area contributed by atoms with Gasteiger partial charge in [0.2, 0.25) is 0 Å². The lowest BCUT2D eigenvalue weighted by Crippen LogP contribution is -2.39. The van der Waals surface area contributed by atoms with Crippen molar-refractivity contribution in [1.82, 2.24) is 10.2 Å². The van der Waals surface area contributed by atoms with Crippen LogP contribution in [0.1, 0.15) is 26.2 Å². The molecule has 2 aliphatic rings. The second kappa shape index (κ2) is 7.00. The minimum Gasteiger partial charge on any atom is -0.315 e.